The summed E-state index contributed by atoms with van der Waals surface area (Å²) in [6.07, 6.45) is 0. The van der Waals surface area contributed by atoms with Crippen molar-refractivity contribution >= 4 is 41.7 Å². The van der Waals surface area contributed by atoms with E-state index in [1.807, 2.05) is 0 Å². The van der Waals surface area contributed by atoms with Crippen molar-refractivity contribution < 1.29 is 48.4 Å². The summed E-state index contributed by atoms with van der Waals surface area (Å²) in [5.74, 6) is -1.26. The normalized spacial score (nSPS) is 12.8. The van der Waals surface area contributed by atoms with Gasteiger partial charge in [0.1, 0.15) is 11.4 Å². The lowest BCUT2D eigenvalue weighted by Gasteiger charge is -2.11. The van der Waals surface area contributed by atoms with Gasteiger partial charge in [-0.1, -0.05) is 6.07 Å². The van der Waals surface area contributed by atoms with Crippen LogP contribution in [0.2, 0.25) is 0 Å². The Bertz CT molecular complexity index is 1730. The molecule has 0 fully saturated rings. The fraction of sp³-hybridized carbons (Fsp3) is 0.250. The van der Waals surface area contributed by atoms with Crippen LogP contribution in [0.15, 0.2) is 56.4 Å². The topological polar surface area (TPSA) is 224 Å². The Morgan fingerprint density at radius 2 is 1.68 bits per heavy atom. The summed E-state index contributed by atoms with van der Waals surface area (Å²) in [6.45, 7) is 2.15. The average molecular weight is 591 g/mol. The van der Waals surface area contributed by atoms with E-state index in [0.29, 0.717) is 0 Å². The number of ether oxygens (including phenoxy) is 1. The molecule has 1 heterocycles. The smallest absolute Gasteiger partial charge is 0.397 e. The first-order valence-corrected chi connectivity index (χ1v) is 14.8. The monoisotopic (exact) mass is 590 g/mol. The third kappa shape index (κ3) is 6.71. The molecule has 0 radical (unpaired) electrons. The van der Waals surface area contributed by atoms with Gasteiger partial charge in [0.25, 0.3) is 10.1 Å². The fourth-order valence-corrected chi connectivity index (χ4v) is 5.55. The highest BCUT2D eigenvalue weighted by Crippen LogP contribution is 2.38. The van der Waals surface area contributed by atoms with Gasteiger partial charge in [-0.15, -0.1) is 10.2 Å². The summed E-state index contributed by atoms with van der Waals surface area (Å²) in [5.41, 5.74) is 0.532. The lowest BCUT2D eigenvalue weighted by atomic mass is 10.2. The van der Waals surface area contributed by atoms with Crippen molar-refractivity contribution in [2.45, 2.75) is 23.6 Å². The van der Waals surface area contributed by atoms with Gasteiger partial charge in [-0.25, -0.2) is 12.6 Å². The summed E-state index contributed by atoms with van der Waals surface area (Å²) in [7, 11) is -12.1. The van der Waals surface area contributed by atoms with E-state index in [9.17, 15) is 34.9 Å². The highest BCUT2D eigenvalue weighted by Gasteiger charge is 2.22. The Morgan fingerprint density at radius 1 is 1.00 bits per heavy atom. The first kappa shape index (κ1) is 29.1. The van der Waals surface area contributed by atoms with E-state index in [2.05, 4.69) is 19.5 Å². The van der Waals surface area contributed by atoms with E-state index < -0.39 is 53.5 Å². The second kappa shape index (κ2) is 10.8. The molecule has 2 aromatic carbocycles. The van der Waals surface area contributed by atoms with Crippen molar-refractivity contribution in [2.75, 3.05) is 19.5 Å². The molecule has 0 amide bonds. The number of methoxy groups -OCH3 is 1. The highest BCUT2D eigenvalue weighted by molar-refractivity contribution is 7.91. The Hall–Kier alpha value is -3.42. The number of benzene rings is 2. The molecular formula is C20H22N4O11S3. The fourth-order valence-electron chi connectivity index (χ4n) is 3.27. The first-order chi connectivity index (χ1) is 17.5. The standard InChI is InChI=1S/C20H22N4O11S3/c1-12-9-16(17(34-3)11-18(12)36(26,27)8-7-35-38(31,32)33)21-22-19-13(2)23-24(20(19)25)14-5-4-6-15(10-14)37(28,29)30/h4-6,9-11,25H,7-8H2,1-3H3,(H,28,29,30)(H,31,32,33)/b22-21+. The van der Waals surface area contributed by atoms with Crippen molar-refractivity contribution in [3.63, 3.8) is 0 Å². The second-order valence-corrected chi connectivity index (χ2v) is 12.3. The molecule has 1 aromatic heterocycles. The van der Waals surface area contributed by atoms with Gasteiger partial charge in [-0.3, -0.25) is 9.11 Å². The number of aryl methyl sites for hydroxylation is 2. The molecule has 15 nitrogen and oxygen atoms in total. The third-order valence-corrected chi connectivity index (χ3v) is 8.15. The zero-order valence-electron chi connectivity index (χ0n) is 20.0. The Morgan fingerprint density at radius 3 is 2.29 bits per heavy atom. The van der Waals surface area contributed by atoms with Gasteiger partial charge in [0, 0.05) is 6.07 Å². The maximum atomic E-state index is 12.6. The molecule has 0 atom stereocenters. The molecule has 3 rings (SSSR count). The van der Waals surface area contributed by atoms with Crippen molar-refractivity contribution in [3.8, 4) is 17.3 Å². The number of aromatic hydroxyl groups is 1. The zero-order valence-corrected chi connectivity index (χ0v) is 22.4. The minimum Gasteiger partial charge on any atom is -0.494 e. The molecule has 0 aliphatic heterocycles. The maximum absolute atomic E-state index is 12.6. The van der Waals surface area contributed by atoms with E-state index in [-0.39, 0.29) is 39.0 Å². The summed E-state index contributed by atoms with van der Waals surface area (Å²) in [6, 6.07) is 7.53. The van der Waals surface area contributed by atoms with E-state index in [4.69, 9.17) is 9.29 Å². The molecule has 3 aromatic rings. The molecule has 0 unspecified atom stereocenters. The lowest BCUT2D eigenvalue weighted by molar-refractivity contribution is 0.284. The van der Waals surface area contributed by atoms with Crippen LogP contribution >= 0.6 is 0 Å². The van der Waals surface area contributed by atoms with Crippen LogP contribution in [0, 0.1) is 13.8 Å². The maximum Gasteiger partial charge on any atom is 0.397 e. The number of hydrogen-bond acceptors (Lipinski definition) is 12. The lowest BCUT2D eigenvalue weighted by Crippen LogP contribution is -2.16. The van der Waals surface area contributed by atoms with Crippen LogP contribution < -0.4 is 4.74 Å². The van der Waals surface area contributed by atoms with Crippen LogP contribution in [-0.2, 0) is 34.5 Å². The van der Waals surface area contributed by atoms with Gasteiger partial charge < -0.3 is 9.84 Å². The van der Waals surface area contributed by atoms with Crippen LogP contribution in [0.3, 0.4) is 0 Å². The number of sulfone groups is 1. The molecule has 206 valence electrons. The van der Waals surface area contributed by atoms with E-state index in [0.717, 1.165) is 22.9 Å². The minimum absolute atomic E-state index is 0.0148. The quantitative estimate of drug-likeness (QED) is 0.229. The zero-order chi connectivity index (χ0) is 28.5. The van der Waals surface area contributed by atoms with Crippen molar-refractivity contribution in [1.82, 2.24) is 9.78 Å². The average Bonchev–Trinajstić information content (AvgIpc) is 3.09. The van der Waals surface area contributed by atoms with Crippen LogP contribution in [-0.4, -0.2) is 68.7 Å². The minimum atomic E-state index is -4.81. The third-order valence-electron chi connectivity index (χ3n) is 5.02. The molecule has 0 bridgehead atoms. The molecule has 3 N–H and O–H groups in total. The van der Waals surface area contributed by atoms with E-state index in [1.54, 1.807) is 0 Å². The Balaban J connectivity index is 1.96. The number of hydrogen-bond donors (Lipinski definition) is 3. The molecule has 0 saturated heterocycles. The number of aromatic nitrogens is 2. The molecule has 18 heteroatoms. The largest absolute Gasteiger partial charge is 0.494 e. The van der Waals surface area contributed by atoms with Crippen molar-refractivity contribution in [1.29, 1.82) is 0 Å². The van der Waals surface area contributed by atoms with Gasteiger partial charge >= 0.3 is 10.4 Å². The number of rotatable bonds is 10. The van der Waals surface area contributed by atoms with Crippen LogP contribution in [0.25, 0.3) is 5.69 Å². The molecule has 0 spiro atoms. The Kier molecular flexibility index (Phi) is 8.24. The van der Waals surface area contributed by atoms with Crippen molar-refractivity contribution in [3.05, 3.63) is 47.7 Å². The van der Waals surface area contributed by atoms with Gasteiger partial charge in [0.05, 0.1) is 40.6 Å². The number of nitrogens with zero attached hydrogens (tertiary/aromatic N) is 4. The van der Waals surface area contributed by atoms with Crippen LogP contribution in [0.5, 0.6) is 11.6 Å². The summed E-state index contributed by atoms with van der Waals surface area (Å²) >= 11 is 0. The molecule has 0 aliphatic carbocycles. The van der Waals surface area contributed by atoms with Gasteiger partial charge in [-0.2, -0.15) is 26.6 Å². The van der Waals surface area contributed by atoms with Gasteiger partial charge in [0.2, 0.25) is 5.88 Å². The number of azo groups is 1. The predicted molar refractivity (Wildman–Crippen MR) is 131 cm³/mol. The van der Waals surface area contributed by atoms with Crippen molar-refractivity contribution in [2.24, 2.45) is 10.2 Å². The van der Waals surface area contributed by atoms with E-state index in [1.165, 1.54) is 39.2 Å². The summed E-state index contributed by atoms with van der Waals surface area (Å²) in [4.78, 5) is -0.608. The van der Waals surface area contributed by atoms with Crippen LogP contribution in [0.1, 0.15) is 11.3 Å². The van der Waals surface area contributed by atoms with Gasteiger partial charge in [0.15, 0.2) is 15.5 Å². The molecule has 0 saturated carbocycles. The molecular weight excluding hydrogens is 568 g/mol. The predicted octanol–water partition coefficient (Wildman–Crippen LogP) is 2.46. The molecule has 38 heavy (non-hydrogen) atoms. The van der Waals surface area contributed by atoms with Gasteiger partial charge in [-0.05, 0) is 43.7 Å². The summed E-state index contributed by atoms with van der Waals surface area (Å²) in [5, 5.41) is 22.8. The highest BCUT2D eigenvalue weighted by atomic mass is 32.3. The Labute approximate surface area is 218 Å². The molecule has 0 aliphatic rings. The first-order valence-electron chi connectivity index (χ1n) is 10.3. The van der Waals surface area contributed by atoms with Crippen LogP contribution in [0.4, 0.5) is 11.4 Å². The second-order valence-electron chi connectivity index (χ2n) is 7.70. The van der Waals surface area contributed by atoms with E-state index >= 15 is 0 Å². The SMILES string of the molecule is COc1cc(S(=O)(=O)CCOS(=O)(=O)O)c(C)cc1/N=N/c1c(C)nn(-c2cccc(S(=O)(=O)O)c2)c1O. The summed E-state index contributed by atoms with van der Waals surface area (Å²) < 4.78 is 97.7.